The van der Waals surface area contributed by atoms with Crippen molar-refractivity contribution < 1.29 is 20.4 Å². The SMILES string of the molecule is Cc1ccc2ccc3ccc(C)nc3c2n1.[NH-]CCC[N-]Cc1c2ccccc2cc2ccccc12.[Pd+2]. The van der Waals surface area contributed by atoms with E-state index in [2.05, 4.69) is 94.1 Å². The molecule has 0 aliphatic carbocycles. The Hall–Kier alpha value is -3.20. The quantitative estimate of drug-likeness (QED) is 0.0891. The first-order valence-electron chi connectivity index (χ1n) is 12.4. The molecule has 1 N–H and O–H groups in total. The zero-order valence-corrected chi connectivity index (χ0v) is 22.7. The van der Waals surface area contributed by atoms with E-state index in [1.807, 2.05) is 26.0 Å². The Morgan fingerprint density at radius 3 is 1.65 bits per heavy atom. The third-order valence-corrected chi connectivity index (χ3v) is 6.44. The molecule has 188 valence electrons. The number of pyridine rings is 2. The summed E-state index contributed by atoms with van der Waals surface area (Å²) >= 11 is 0. The zero-order valence-electron chi connectivity index (χ0n) is 21.1. The van der Waals surface area contributed by atoms with Crippen molar-refractivity contribution in [1.29, 1.82) is 0 Å². The van der Waals surface area contributed by atoms with E-state index in [0.717, 1.165) is 52.7 Å². The molecule has 37 heavy (non-hydrogen) atoms. The predicted octanol–water partition coefficient (Wildman–Crippen LogP) is 8.71. The topological polar surface area (TPSA) is 63.7 Å². The van der Waals surface area contributed by atoms with Gasteiger partial charge in [0.15, 0.2) is 0 Å². The molecule has 4 aromatic carbocycles. The van der Waals surface area contributed by atoms with Gasteiger partial charge >= 0.3 is 20.4 Å². The zero-order chi connectivity index (χ0) is 24.9. The van der Waals surface area contributed by atoms with Crippen LogP contribution in [0.4, 0.5) is 0 Å². The molecule has 0 saturated heterocycles. The Morgan fingerprint density at radius 1 is 0.649 bits per heavy atom. The molecule has 6 rings (SSSR count). The third kappa shape index (κ3) is 6.04. The van der Waals surface area contributed by atoms with E-state index in [9.17, 15) is 0 Å². The molecule has 4 nitrogen and oxygen atoms in total. The average Bonchev–Trinajstić information content (AvgIpc) is 2.91. The van der Waals surface area contributed by atoms with Crippen molar-refractivity contribution in [3.05, 3.63) is 119 Å². The van der Waals surface area contributed by atoms with Gasteiger partial charge in [-0.2, -0.15) is 13.1 Å². The molecule has 0 unspecified atom stereocenters. The molecule has 0 aliphatic rings. The summed E-state index contributed by atoms with van der Waals surface area (Å²) < 4.78 is 0. The van der Waals surface area contributed by atoms with Crippen molar-refractivity contribution >= 4 is 43.4 Å². The van der Waals surface area contributed by atoms with Crippen molar-refractivity contribution in [2.45, 2.75) is 26.8 Å². The van der Waals surface area contributed by atoms with Gasteiger partial charge in [0, 0.05) is 22.2 Å². The van der Waals surface area contributed by atoms with Gasteiger partial charge in [0.1, 0.15) is 0 Å². The van der Waals surface area contributed by atoms with Crippen LogP contribution in [0.25, 0.3) is 54.4 Å². The van der Waals surface area contributed by atoms with Crippen LogP contribution in [-0.4, -0.2) is 23.1 Å². The third-order valence-electron chi connectivity index (χ3n) is 6.44. The van der Waals surface area contributed by atoms with Crippen LogP contribution in [0.3, 0.4) is 0 Å². The van der Waals surface area contributed by atoms with E-state index in [0.29, 0.717) is 6.54 Å². The number of fused-ring (bicyclic) bond motifs is 5. The van der Waals surface area contributed by atoms with E-state index in [1.54, 1.807) is 0 Å². The number of hydrogen-bond donors (Lipinski definition) is 0. The summed E-state index contributed by atoms with van der Waals surface area (Å²) in [6.45, 7) is 5.99. The van der Waals surface area contributed by atoms with Crippen LogP contribution in [-0.2, 0) is 27.0 Å². The molecule has 0 spiro atoms. The van der Waals surface area contributed by atoms with Crippen LogP contribution in [0.2, 0.25) is 0 Å². The minimum atomic E-state index is 0. The van der Waals surface area contributed by atoms with Gasteiger partial charge in [-0.25, -0.2) is 0 Å². The summed E-state index contributed by atoms with van der Waals surface area (Å²) in [5.74, 6) is 0. The van der Waals surface area contributed by atoms with Crippen molar-refractivity contribution in [2.24, 2.45) is 0 Å². The van der Waals surface area contributed by atoms with Crippen molar-refractivity contribution in [1.82, 2.24) is 9.97 Å². The summed E-state index contributed by atoms with van der Waals surface area (Å²) in [5, 5.41) is 12.0. The van der Waals surface area contributed by atoms with E-state index >= 15 is 0 Å². The first kappa shape index (κ1) is 26.9. The van der Waals surface area contributed by atoms with E-state index in [4.69, 9.17) is 5.73 Å². The van der Waals surface area contributed by atoms with Crippen LogP contribution in [0.5, 0.6) is 0 Å². The van der Waals surface area contributed by atoms with Gasteiger partial charge in [-0.05, 0) is 53.6 Å². The van der Waals surface area contributed by atoms with Gasteiger partial charge in [0.2, 0.25) is 0 Å². The number of hydrogen-bond acceptors (Lipinski definition) is 2. The Kier molecular flexibility index (Phi) is 8.97. The van der Waals surface area contributed by atoms with Gasteiger partial charge in [-0.15, -0.1) is 6.54 Å². The fourth-order valence-corrected chi connectivity index (χ4v) is 4.62. The standard InChI is InChI=1S/C18H18N2.C14H12N2.Pd/c19-10-5-11-20-13-18-16-8-3-1-6-14(16)12-15-7-2-4-9-17(15)18;1-9-3-5-11-7-8-12-6-4-10(2)16-14(12)13(11)15-9;/h1-4,6-9,12,19H,5,10-11,13H2;3-8H,1-2H3;/q-2;;+2. The van der Waals surface area contributed by atoms with Crippen molar-refractivity contribution in [3.63, 3.8) is 0 Å². The van der Waals surface area contributed by atoms with E-state index in [1.165, 1.54) is 27.1 Å². The number of nitrogens with zero attached hydrogens (tertiary/aromatic N) is 3. The second-order valence-corrected chi connectivity index (χ2v) is 9.12. The smallest absolute Gasteiger partial charge is 0.677 e. The maximum absolute atomic E-state index is 7.19. The summed E-state index contributed by atoms with van der Waals surface area (Å²) in [6.07, 6.45) is 0.850. The van der Waals surface area contributed by atoms with Crippen LogP contribution < -0.4 is 0 Å². The first-order valence-corrected chi connectivity index (χ1v) is 12.4. The molecule has 0 amide bonds. The second kappa shape index (κ2) is 12.4. The molecule has 6 aromatic rings. The van der Waals surface area contributed by atoms with Gasteiger partial charge in [0.05, 0.1) is 11.0 Å². The molecule has 0 bridgehead atoms. The molecule has 2 heterocycles. The number of benzene rings is 4. The number of aromatic nitrogens is 2. The first-order chi connectivity index (χ1) is 17.6. The largest absolute Gasteiger partial charge is 2.00 e. The molecular formula is C32H30N4Pd. The Morgan fingerprint density at radius 2 is 1.14 bits per heavy atom. The van der Waals surface area contributed by atoms with Gasteiger partial charge < -0.3 is 11.1 Å². The molecule has 0 fully saturated rings. The minimum Gasteiger partial charge on any atom is -0.677 e. The molecule has 2 aromatic heterocycles. The molecule has 0 aliphatic heterocycles. The van der Waals surface area contributed by atoms with Crippen LogP contribution in [0.1, 0.15) is 23.4 Å². The fraction of sp³-hybridized carbons (Fsp3) is 0.188. The normalized spacial score (nSPS) is 10.9. The number of nitrogens with one attached hydrogen (secondary N) is 1. The second-order valence-electron chi connectivity index (χ2n) is 9.12. The summed E-state index contributed by atoms with van der Waals surface area (Å²) in [5.41, 5.74) is 12.6. The van der Waals surface area contributed by atoms with Crippen molar-refractivity contribution in [2.75, 3.05) is 13.1 Å². The van der Waals surface area contributed by atoms with Gasteiger partial charge in [0.25, 0.3) is 0 Å². The molecular weight excluding hydrogens is 547 g/mol. The Balaban J connectivity index is 0.000000172. The number of rotatable bonds is 5. The van der Waals surface area contributed by atoms with Crippen molar-refractivity contribution in [3.8, 4) is 0 Å². The molecule has 5 heteroatoms. The maximum atomic E-state index is 7.19. The molecule has 0 saturated carbocycles. The average molecular weight is 577 g/mol. The fourth-order valence-electron chi connectivity index (χ4n) is 4.62. The Labute approximate surface area is 232 Å². The summed E-state index contributed by atoms with van der Waals surface area (Å²) in [6, 6.07) is 31.7. The predicted molar refractivity (Wildman–Crippen MR) is 154 cm³/mol. The maximum Gasteiger partial charge on any atom is 2.00 e. The monoisotopic (exact) mass is 576 g/mol. The van der Waals surface area contributed by atoms with Crippen LogP contribution in [0, 0.1) is 13.8 Å². The molecule has 0 radical (unpaired) electrons. The molecule has 0 atom stereocenters. The van der Waals surface area contributed by atoms with Crippen LogP contribution in [0.15, 0.2) is 91.0 Å². The summed E-state index contributed by atoms with van der Waals surface area (Å²) in [4.78, 5) is 9.16. The van der Waals surface area contributed by atoms with E-state index < -0.39 is 0 Å². The van der Waals surface area contributed by atoms with Gasteiger partial charge in [-0.3, -0.25) is 9.97 Å². The minimum absolute atomic E-state index is 0. The summed E-state index contributed by atoms with van der Waals surface area (Å²) in [7, 11) is 0. The Bertz CT molecular complexity index is 1550. The van der Waals surface area contributed by atoms with Crippen LogP contribution >= 0.6 is 0 Å². The number of aryl methyl sites for hydroxylation is 2. The van der Waals surface area contributed by atoms with Gasteiger partial charge in [-0.1, -0.05) is 84.8 Å². The van der Waals surface area contributed by atoms with E-state index in [-0.39, 0.29) is 20.4 Å².